The van der Waals surface area contributed by atoms with E-state index >= 15 is 0 Å². The summed E-state index contributed by atoms with van der Waals surface area (Å²) >= 11 is 0. The van der Waals surface area contributed by atoms with Crippen LogP contribution in [0.2, 0.25) is 0 Å². The van der Waals surface area contributed by atoms with Crippen molar-refractivity contribution in [2.75, 3.05) is 0 Å². The highest BCUT2D eigenvalue weighted by molar-refractivity contribution is 4.72. The standard InChI is InChI=1S/C10H20.C2H6.2CH4/c1-8-6-4-5-7-9(2)10(8)3;1-2;;/h8-10H,4-7H2,1-3H3;1-2H3;2*1H4. The van der Waals surface area contributed by atoms with Crippen molar-refractivity contribution in [3.05, 3.63) is 0 Å². The van der Waals surface area contributed by atoms with Crippen LogP contribution in [0.4, 0.5) is 0 Å². The van der Waals surface area contributed by atoms with Gasteiger partial charge in [0.15, 0.2) is 0 Å². The van der Waals surface area contributed by atoms with Crippen LogP contribution in [-0.2, 0) is 0 Å². The normalized spacial score (nSPS) is 31.1. The predicted molar refractivity (Wildman–Crippen MR) is 70.8 cm³/mol. The fraction of sp³-hybridized carbons (Fsp3) is 1.00. The van der Waals surface area contributed by atoms with E-state index in [2.05, 4.69) is 20.8 Å². The molecule has 1 rings (SSSR count). The lowest BCUT2D eigenvalue weighted by molar-refractivity contribution is 0.284. The van der Waals surface area contributed by atoms with Gasteiger partial charge in [-0.25, -0.2) is 0 Å². The lowest BCUT2D eigenvalue weighted by atomic mass is 9.84. The molecule has 1 fully saturated rings. The lowest BCUT2D eigenvalue weighted by Gasteiger charge is -2.21. The van der Waals surface area contributed by atoms with Crippen molar-refractivity contribution in [3.63, 3.8) is 0 Å². The van der Waals surface area contributed by atoms with Crippen LogP contribution >= 0.6 is 0 Å². The number of hydrogen-bond acceptors (Lipinski definition) is 0. The van der Waals surface area contributed by atoms with Crippen molar-refractivity contribution in [3.8, 4) is 0 Å². The predicted octanol–water partition coefficient (Wildman–Crippen LogP) is 5.77. The van der Waals surface area contributed by atoms with Crippen molar-refractivity contribution in [1.29, 1.82) is 0 Å². The topological polar surface area (TPSA) is 0 Å². The van der Waals surface area contributed by atoms with Crippen LogP contribution in [0.25, 0.3) is 0 Å². The monoisotopic (exact) mass is 202 g/mol. The van der Waals surface area contributed by atoms with Crippen molar-refractivity contribution in [2.24, 2.45) is 17.8 Å². The van der Waals surface area contributed by atoms with Gasteiger partial charge in [0.1, 0.15) is 0 Å². The SMILES string of the molecule is C.C.CC.CC1CCCCC(C)C1C. The zero-order valence-corrected chi connectivity index (χ0v) is 9.56. The fourth-order valence-corrected chi connectivity index (χ4v) is 2.02. The molecule has 0 aromatic rings. The Morgan fingerprint density at radius 2 is 1.00 bits per heavy atom. The first-order valence-corrected chi connectivity index (χ1v) is 5.72. The van der Waals surface area contributed by atoms with Crippen LogP contribution in [0, 0.1) is 17.8 Å². The molecule has 1 saturated carbocycles. The quantitative estimate of drug-likeness (QED) is 0.438. The first-order valence-electron chi connectivity index (χ1n) is 5.72. The lowest BCUT2D eigenvalue weighted by Crippen LogP contribution is -2.13. The molecule has 0 heteroatoms. The summed E-state index contributed by atoms with van der Waals surface area (Å²) in [6.45, 7) is 11.2. The highest BCUT2D eigenvalue weighted by Gasteiger charge is 2.21. The van der Waals surface area contributed by atoms with Gasteiger partial charge in [-0.2, -0.15) is 0 Å². The van der Waals surface area contributed by atoms with Gasteiger partial charge in [-0.1, -0.05) is 75.2 Å². The van der Waals surface area contributed by atoms with Crippen molar-refractivity contribution in [2.45, 2.75) is 75.2 Å². The molecule has 0 radical (unpaired) electrons. The Morgan fingerprint density at radius 1 is 0.714 bits per heavy atom. The summed E-state index contributed by atoms with van der Waals surface area (Å²) in [7, 11) is 0. The third kappa shape index (κ3) is 6.45. The van der Waals surface area contributed by atoms with Crippen molar-refractivity contribution < 1.29 is 0 Å². The minimum atomic E-state index is 0. The van der Waals surface area contributed by atoms with Gasteiger partial charge in [0.05, 0.1) is 0 Å². The Kier molecular flexibility index (Phi) is 15.5. The minimum absolute atomic E-state index is 0. The molecule has 0 N–H and O–H groups in total. The van der Waals surface area contributed by atoms with Crippen LogP contribution < -0.4 is 0 Å². The summed E-state index contributed by atoms with van der Waals surface area (Å²) in [5.74, 6) is 2.90. The maximum absolute atomic E-state index is 2.42. The van der Waals surface area contributed by atoms with Gasteiger partial charge >= 0.3 is 0 Å². The van der Waals surface area contributed by atoms with Gasteiger partial charge in [-0.15, -0.1) is 0 Å². The van der Waals surface area contributed by atoms with Crippen LogP contribution in [0.5, 0.6) is 0 Å². The summed E-state index contributed by atoms with van der Waals surface area (Å²) in [5, 5.41) is 0. The second kappa shape index (κ2) is 11.1. The highest BCUT2D eigenvalue weighted by Crippen LogP contribution is 2.32. The van der Waals surface area contributed by atoms with E-state index in [0.717, 1.165) is 17.8 Å². The van der Waals surface area contributed by atoms with E-state index in [1.54, 1.807) is 0 Å². The van der Waals surface area contributed by atoms with Crippen LogP contribution in [0.3, 0.4) is 0 Å². The smallest absolute Gasteiger partial charge is 0.0391 e. The van der Waals surface area contributed by atoms with E-state index in [0.29, 0.717) is 0 Å². The average Bonchev–Trinajstić information content (AvgIpc) is 2.24. The summed E-state index contributed by atoms with van der Waals surface area (Å²) in [6, 6.07) is 0. The molecule has 1 aliphatic rings. The molecule has 0 spiro atoms. The largest absolute Gasteiger partial charge is 0.0776 e. The van der Waals surface area contributed by atoms with Crippen LogP contribution in [-0.4, -0.2) is 0 Å². The summed E-state index contributed by atoms with van der Waals surface area (Å²) in [4.78, 5) is 0. The molecule has 0 nitrogen and oxygen atoms in total. The zero-order valence-electron chi connectivity index (χ0n) is 9.56. The van der Waals surface area contributed by atoms with E-state index in [1.165, 1.54) is 25.7 Å². The van der Waals surface area contributed by atoms with Crippen molar-refractivity contribution >= 4 is 0 Å². The van der Waals surface area contributed by atoms with E-state index in [9.17, 15) is 0 Å². The van der Waals surface area contributed by atoms with Gasteiger partial charge in [-0.05, 0) is 17.8 Å². The van der Waals surface area contributed by atoms with Crippen molar-refractivity contribution in [1.82, 2.24) is 0 Å². The molecule has 2 atom stereocenters. The number of hydrogen-bond donors (Lipinski definition) is 0. The second-order valence-electron chi connectivity index (χ2n) is 4.10. The summed E-state index contributed by atoms with van der Waals surface area (Å²) in [5.41, 5.74) is 0. The summed E-state index contributed by atoms with van der Waals surface area (Å²) < 4.78 is 0. The molecular formula is C14H34. The Labute approximate surface area is 93.5 Å². The average molecular weight is 202 g/mol. The highest BCUT2D eigenvalue weighted by atomic mass is 14.3. The Bertz CT molecular complexity index is 84.2. The maximum atomic E-state index is 2.42. The molecule has 1 aliphatic carbocycles. The Morgan fingerprint density at radius 3 is 1.29 bits per heavy atom. The molecule has 90 valence electrons. The Hall–Kier alpha value is 0. The molecule has 0 amide bonds. The van der Waals surface area contributed by atoms with Gasteiger partial charge in [0.2, 0.25) is 0 Å². The first-order chi connectivity index (χ1) is 5.72. The maximum Gasteiger partial charge on any atom is -0.0391 e. The molecular weight excluding hydrogens is 168 g/mol. The second-order valence-corrected chi connectivity index (χ2v) is 4.10. The fourth-order valence-electron chi connectivity index (χ4n) is 2.02. The van der Waals surface area contributed by atoms with E-state index in [1.807, 2.05) is 13.8 Å². The van der Waals surface area contributed by atoms with Gasteiger partial charge in [0.25, 0.3) is 0 Å². The zero-order chi connectivity index (χ0) is 9.56. The van der Waals surface area contributed by atoms with E-state index in [-0.39, 0.29) is 14.9 Å². The molecule has 0 heterocycles. The molecule has 14 heavy (non-hydrogen) atoms. The third-order valence-electron chi connectivity index (χ3n) is 3.36. The van der Waals surface area contributed by atoms with Gasteiger partial charge in [-0.3, -0.25) is 0 Å². The van der Waals surface area contributed by atoms with Gasteiger partial charge in [0, 0.05) is 0 Å². The van der Waals surface area contributed by atoms with E-state index < -0.39 is 0 Å². The minimum Gasteiger partial charge on any atom is -0.0776 e. The molecule has 0 aromatic heterocycles. The molecule has 0 bridgehead atoms. The van der Waals surface area contributed by atoms with Gasteiger partial charge < -0.3 is 0 Å². The molecule has 2 unspecified atom stereocenters. The Balaban J connectivity index is -0.000000284. The molecule has 0 aromatic carbocycles. The first kappa shape index (κ1) is 19.6. The molecule has 0 saturated heterocycles. The van der Waals surface area contributed by atoms with E-state index in [4.69, 9.17) is 0 Å². The summed E-state index contributed by atoms with van der Waals surface area (Å²) in [6.07, 6.45) is 5.86. The van der Waals surface area contributed by atoms with Crippen LogP contribution in [0.15, 0.2) is 0 Å². The number of rotatable bonds is 0. The van der Waals surface area contributed by atoms with Crippen LogP contribution in [0.1, 0.15) is 75.2 Å². The third-order valence-corrected chi connectivity index (χ3v) is 3.36. The molecule has 0 aliphatic heterocycles.